The molecule has 3 aromatic carbocycles. The first-order valence-electron chi connectivity index (χ1n) is 14.4. The molecule has 2 aromatic heterocycles. The van der Waals surface area contributed by atoms with Crippen LogP contribution >= 0.6 is 35.0 Å². The highest BCUT2D eigenvalue weighted by Crippen LogP contribution is 2.42. The topological polar surface area (TPSA) is 62.1 Å². The molecule has 0 aliphatic carbocycles. The lowest BCUT2D eigenvalue weighted by atomic mass is 10.1. The van der Waals surface area contributed by atoms with Crippen molar-refractivity contribution in [2.24, 2.45) is 0 Å². The van der Waals surface area contributed by atoms with E-state index in [1.54, 1.807) is 6.33 Å². The highest BCUT2D eigenvalue weighted by Gasteiger charge is 2.51. The van der Waals surface area contributed by atoms with Crippen LogP contribution in [0, 0.1) is 0 Å². The molecule has 0 radical (unpaired) electrons. The minimum atomic E-state index is -2.72. The van der Waals surface area contributed by atoms with Crippen LogP contribution in [0.5, 0.6) is 0 Å². The summed E-state index contributed by atoms with van der Waals surface area (Å²) in [6.45, 7) is 7.94. The van der Waals surface area contributed by atoms with Crippen LogP contribution < -0.4 is 10.4 Å². The predicted octanol–water partition coefficient (Wildman–Crippen LogP) is 6.95. The summed E-state index contributed by atoms with van der Waals surface area (Å²) < 4.78 is 16.2. The molecule has 1 aliphatic rings. The number of nitrogens with zero attached hydrogens (tertiary/aromatic N) is 4. The zero-order valence-corrected chi connectivity index (χ0v) is 27.7. The van der Waals surface area contributed by atoms with Crippen LogP contribution in [0.3, 0.4) is 0 Å². The number of hydrogen-bond acceptors (Lipinski definition) is 6. The normalized spacial score (nSPS) is 19.2. The van der Waals surface area contributed by atoms with Crippen LogP contribution in [0.1, 0.15) is 32.4 Å². The van der Waals surface area contributed by atoms with E-state index in [9.17, 15) is 0 Å². The monoisotopic (exact) mass is 648 g/mol. The summed E-state index contributed by atoms with van der Waals surface area (Å²) in [5, 5.41) is 2.81. The van der Waals surface area contributed by atoms with Crippen molar-refractivity contribution in [1.82, 2.24) is 19.5 Å². The third-order valence-corrected chi connectivity index (χ3v) is 14.9. The van der Waals surface area contributed by atoms with Crippen LogP contribution in [-0.4, -0.2) is 51.6 Å². The Bertz CT molecular complexity index is 1630. The summed E-state index contributed by atoms with van der Waals surface area (Å²) in [4.78, 5) is 13.1. The van der Waals surface area contributed by atoms with Crippen molar-refractivity contribution in [3.05, 3.63) is 113 Å². The molecule has 222 valence electrons. The molecule has 43 heavy (non-hydrogen) atoms. The number of thioether (sulfide) groups is 1. The van der Waals surface area contributed by atoms with E-state index in [4.69, 9.17) is 32.4 Å². The molecule has 1 aliphatic heterocycles. The van der Waals surface area contributed by atoms with Gasteiger partial charge in [-0.15, -0.1) is 0 Å². The lowest BCUT2D eigenvalue weighted by Crippen LogP contribution is -2.67. The van der Waals surface area contributed by atoms with E-state index in [2.05, 4.69) is 109 Å². The zero-order valence-electron chi connectivity index (χ0n) is 24.4. The second-order valence-corrected chi connectivity index (χ2v) is 18.1. The van der Waals surface area contributed by atoms with Gasteiger partial charge in [-0.2, -0.15) is 16.7 Å². The maximum atomic E-state index is 7.37. The molecular weight excluding hydrogens is 615 g/mol. The van der Waals surface area contributed by atoms with Gasteiger partial charge in [0.25, 0.3) is 8.32 Å². The molecule has 0 N–H and O–H groups in total. The van der Waals surface area contributed by atoms with Gasteiger partial charge in [0.05, 0.1) is 30.3 Å². The lowest BCUT2D eigenvalue weighted by Gasteiger charge is -2.43. The third-order valence-electron chi connectivity index (χ3n) is 8.10. The van der Waals surface area contributed by atoms with E-state index >= 15 is 0 Å². The van der Waals surface area contributed by atoms with E-state index in [0.29, 0.717) is 24.4 Å². The molecular formula is C33H34Cl2N4O2SSi. The molecule has 1 saturated heterocycles. The molecule has 1 fully saturated rings. The number of hydrogen-bond donors (Lipinski definition) is 0. The largest absolute Gasteiger partial charge is 0.406 e. The average molecular weight is 650 g/mol. The van der Waals surface area contributed by atoms with E-state index in [1.165, 1.54) is 10.4 Å². The number of halogens is 2. The minimum absolute atomic E-state index is 0.0477. The summed E-state index contributed by atoms with van der Waals surface area (Å²) in [5.41, 5.74) is 2.26. The first-order chi connectivity index (χ1) is 20.8. The van der Waals surface area contributed by atoms with Crippen LogP contribution in [0.4, 0.5) is 0 Å². The Morgan fingerprint density at radius 2 is 1.49 bits per heavy atom. The first kappa shape index (κ1) is 30.3. The number of fused-ring (bicyclic) bond motifs is 1. The Kier molecular flexibility index (Phi) is 8.96. The summed E-state index contributed by atoms with van der Waals surface area (Å²) >= 11 is 14.5. The van der Waals surface area contributed by atoms with E-state index < -0.39 is 8.32 Å². The van der Waals surface area contributed by atoms with E-state index in [1.807, 2.05) is 34.5 Å². The van der Waals surface area contributed by atoms with Crippen LogP contribution in [0.15, 0.2) is 97.3 Å². The molecule has 0 spiro atoms. The molecule has 5 aromatic rings. The summed E-state index contributed by atoms with van der Waals surface area (Å²) in [6.07, 6.45) is 1.60. The minimum Gasteiger partial charge on any atom is -0.406 e. The average Bonchev–Trinajstić information content (AvgIpc) is 3.61. The molecule has 3 heterocycles. The van der Waals surface area contributed by atoms with Crippen molar-refractivity contribution in [3.63, 3.8) is 0 Å². The molecule has 6 nitrogen and oxygen atoms in total. The quantitative estimate of drug-likeness (QED) is 0.0979. The number of aromatic nitrogens is 4. The molecule has 0 unspecified atom stereocenters. The van der Waals surface area contributed by atoms with E-state index in [-0.39, 0.29) is 32.9 Å². The molecule has 0 saturated carbocycles. The third kappa shape index (κ3) is 6.01. The zero-order chi connectivity index (χ0) is 30.0. The molecule has 0 bridgehead atoms. The van der Waals surface area contributed by atoms with Gasteiger partial charge < -0.3 is 13.7 Å². The fraction of sp³-hybridized carbons (Fsp3) is 0.303. The van der Waals surface area contributed by atoms with Gasteiger partial charge in [0, 0.05) is 12.4 Å². The fourth-order valence-corrected chi connectivity index (χ4v) is 12.6. The Balaban J connectivity index is 1.36. The van der Waals surface area contributed by atoms with Gasteiger partial charge in [-0.3, -0.25) is 0 Å². The SMILES string of the molecule is CC(C)(C)[Si](OC[C@H]1SC[C@@H](n2cnc3c(Cl)nc(Cl)nc32)[C@@H]1OCc1ccccc1)(c1ccccc1)c1ccccc1. The molecule has 0 amide bonds. The maximum Gasteiger partial charge on any atom is 0.261 e. The number of imidazole rings is 1. The van der Waals surface area contributed by atoms with Crippen molar-refractivity contribution >= 4 is 64.8 Å². The highest BCUT2D eigenvalue weighted by atomic mass is 35.5. The maximum absolute atomic E-state index is 7.37. The van der Waals surface area contributed by atoms with Crippen molar-refractivity contribution < 1.29 is 9.16 Å². The van der Waals surface area contributed by atoms with Crippen molar-refractivity contribution in [2.45, 2.75) is 49.8 Å². The van der Waals surface area contributed by atoms with Gasteiger partial charge in [0.2, 0.25) is 5.28 Å². The van der Waals surface area contributed by atoms with Crippen molar-refractivity contribution in [1.29, 1.82) is 0 Å². The first-order valence-corrected chi connectivity index (χ1v) is 18.1. The van der Waals surface area contributed by atoms with Gasteiger partial charge in [0.1, 0.15) is 5.52 Å². The Hall–Kier alpha value is -2.72. The Morgan fingerprint density at radius 3 is 2.09 bits per heavy atom. The Labute approximate surface area is 267 Å². The van der Waals surface area contributed by atoms with Gasteiger partial charge in [0.15, 0.2) is 10.8 Å². The predicted molar refractivity (Wildman–Crippen MR) is 179 cm³/mol. The second-order valence-electron chi connectivity index (χ2n) is 11.8. The fourth-order valence-electron chi connectivity index (χ4n) is 6.09. The molecule has 6 rings (SSSR count). The summed E-state index contributed by atoms with van der Waals surface area (Å²) in [5.74, 6) is 0.804. The molecule has 3 atom stereocenters. The van der Waals surface area contributed by atoms with Gasteiger partial charge in [-0.1, -0.05) is 123 Å². The highest BCUT2D eigenvalue weighted by molar-refractivity contribution is 8.00. The van der Waals surface area contributed by atoms with Crippen LogP contribution in [-0.2, 0) is 15.8 Å². The van der Waals surface area contributed by atoms with Gasteiger partial charge >= 0.3 is 0 Å². The summed E-state index contributed by atoms with van der Waals surface area (Å²) in [6, 6.07) is 31.7. The van der Waals surface area contributed by atoms with Gasteiger partial charge in [-0.25, -0.2) is 9.97 Å². The van der Waals surface area contributed by atoms with Crippen molar-refractivity contribution in [3.8, 4) is 0 Å². The number of rotatable bonds is 9. The second kappa shape index (κ2) is 12.7. The smallest absolute Gasteiger partial charge is 0.261 e. The van der Waals surface area contributed by atoms with Crippen LogP contribution in [0.25, 0.3) is 11.2 Å². The van der Waals surface area contributed by atoms with Gasteiger partial charge in [-0.05, 0) is 32.6 Å². The number of benzene rings is 3. The Morgan fingerprint density at radius 1 is 0.884 bits per heavy atom. The number of ether oxygens (including phenoxy) is 1. The standard InChI is InChI=1S/C33H34Cl2N4O2SSi/c1-33(2,3)43(24-15-9-5-10-16-24,25-17-11-6-12-18-25)41-20-27-29(40-19-23-13-7-4-8-14-23)26(21-42-27)39-22-36-28-30(34)37-32(35)38-31(28)39/h4-18,22,26-27,29H,19-21H2,1-3H3/t26-,27-,29+/m1/s1. The molecule has 10 heteroatoms. The summed E-state index contributed by atoms with van der Waals surface area (Å²) in [7, 11) is -2.72. The van der Waals surface area contributed by atoms with E-state index in [0.717, 1.165) is 11.3 Å². The van der Waals surface area contributed by atoms with Crippen LogP contribution in [0.2, 0.25) is 15.5 Å². The van der Waals surface area contributed by atoms with Crippen molar-refractivity contribution in [2.75, 3.05) is 12.4 Å². The lowest BCUT2D eigenvalue weighted by molar-refractivity contribution is 0.00864.